The molecule has 2 N–H and O–H groups in total. The first-order valence-corrected chi connectivity index (χ1v) is 10.1. The van der Waals surface area contributed by atoms with E-state index in [4.69, 9.17) is 9.72 Å². The molecular weight excluding hydrogens is 368 g/mol. The van der Waals surface area contributed by atoms with Gasteiger partial charge in [0.2, 0.25) is 0 Å². The van der Waals surface area contributed by atoms with Gasteiger partial charge in [0, 0.05) is 43.6 Å². The Labute approximate surface area is 169 Å². The third kappa shape index (κ3) is 4.31. The van der Waals surface area contributed by atoms with E-state index in [2.05, 4.69) is 20.9 Å². The van der Waals surface area contributed by atoms with Crippen molar-refractivity contribution in [2.24, 2.45) is 5.92 Å². The van der Waals surface area contributed by atoms with Gasteiger partial charge in [-0.3, -0.25) is 4.79 Å². The van der Waals surface area contributed by atoms with Crippen LogP contribution in [0, 0.1) is 12.8 Å². The van der Waals surface area contributed by atoms with Crippen LogP contribution in [0.2, 0.25) is 0 Å². The molecule has 0 bridgehead atoms. The van der Waals surface area contributed by atoms with E-state index in [0.717, 1.165) is 66.9 Å². The molecule has 29 heavy (non-hydrogen) atoms. The Hall–Kier alpha value is -2.77. The number of aryl methyl sites for hydroxylation is 1. The van der Waals surface area contributed by atoms with Gasteiger partial charge in [-0.1, -0.05) is 6.07 Å². The second-order valence-electron chi connectivity index (χ2n) is 7.62. The van der Waals surface area contributed by atoms with Gasteiger partial charge in [-0.15, -0.1) is 0 Å². The summed E-state index contributed by atoms with van der Waals surface area (Å²) in [6.45, 7) is 5.23. The molecule has 3 aromatic rings. The number of nitrogens with one attached hydrogen (secondary N) is 2. The van der Waals surface area contributed by atoms with Crippen LogP contribution in [0.4, 0.5) is 0 Å². The van der Waals surface area contributed by atoms with Crippen molar-refractivity contribution in [1.29, 1.82) is 0 Å². The summed E-state index contributed by atoms with van der Waals surface area (Å²) in [7, 11) is 0. The summed E-state index contributed by atoms with van der Waals surface area (Å²) >= 11 is 0. The standard InChI is InChI=1S/C22H26N4O3/c1-15-10-18(13-24-22(15)28)21-25-19-3-2-17(12-23-6-7-27)11-20(19)26(21)14-16-4-8-29-9-5-16/h2-3,7,10-11,13,16,23H,4-6,8-9,12,14H2,1H3,(H,24,28). The molecule has 4 rings (SSSR count). The van der Waals surface area contributed by atoms with Crippen LogP contribution in [0.5, 0.6) is 0 Å². The number of hydrogen-bond acceptors (Lipinski definition) is 5. The lowest BCUT2D eigenvalue weighted by Crippen LogP contribution is -2.21. The Kier molecular flexibility index (Phi) is 5.87. The zero-order chi connectivity index (χ0) is 20.2. The average Bonchev–Trinajstić information content (AvgIpc) is 3.09. The summed E-state index contributed by atoms with van der Waals surface area (Å²) in [5.41, 5.74) is 4.61. The van der Waals surface area contributed by atoms with E-state index < -0.39 is 0 Å². The zero-order valence-electron chi connectivity index (χ0n) is 16.6. The fraction of sp³-hybridized carbons (Fsp3) is 0.409. The molecule has 1 aliphatic rings. The number of imidazole rings is 1. The molecule has 1 saturated heterocycles. The zero-order valence-corrected chi connectivity index (χ0v) is 16.6. The average molecular weight is 394 g/mol. The van der Waals surface area contributed by atoms with Crippen LogP contribution in [0.3, 0.4) is 0 Å². The fourth-order valence-electron chi connectivity index (χ4n) is 3.87. The highest BCUT2D eigenvalue weighted by Gasteiger charge is 2.20. The van der Waals surface area contributed by atoms with Gasteiger partial charge in [-0.25, -0.2) is 4.98 Å². The monoisotopic (exact) mass is 394 g/mol. The molecule has 0 spiro atoms. The van der Waals surface area contributed by atoms with Gasteiger partial charge >= 0.3 is 0 Å². The predicted octanol–water partition coefficient (Wildman–Crippen LogP) is 2.42. The maximum Gasteiger partial charge on any atom is 0.250 e. The van der Waals surface area contributed by atoms with Crippen LogP contribution in [0.1, 0.15) is 24.0 Å². The highest BCUT2D eigenvalue weighted by molar-refractivity contribution is 5.81. The number of benzene rings is 1. The van der Waals surface area contributed by atoms with E-state index >= 15 is 0 Å². The largest absolute Gasteiger partial charge is 0.381 e. The molecule has 0 unspecified atom stereocenters. The van der Waals surface area contributed by atoms with Crippen molar-refractivity contribution in [1.82, 2.24) is 19.9 Å². The van der Waals surface area contributed by atoms with Crippen LogP contribution in [0.25, 0.3) is 22.4 Å². The molecule has 2 aromatic heterocycles. The smallest absolute Gasteiger partial charge is 0.250 e. The van der Waals surface area contributed by atoms with E-state index in [1.165, 1.54) is 0 Å². The van der Waals surface area contributed by atoms with E-state index in [9.17, 15) is 9.59 Å². The lowest BCUT2D eigenvalue weighted by atomic mass is 10.00. The van der Waals surface area contributed by atoms with Crippen molar-refractivity contribution >= 4 is 17.3 Å². The molecule has 0 amide bonds. The van der Waals surface area contributed by atoms with Crippen LogP contribution in [-0.4, -0.2) is 40.6 Å². The minimum absolute atomic E-state index is 0.0793. The number of aromatic nitrogens is 3. The molecule has 0 saturated carbocycles. The minimum Gasteiger partial charge on any atom is -0.381 e. The predicted molar refractivity (Wildman–Crippen MR) is 112 cm³/mol. The first kappa shape index (κ1) is 19.5. The van der Waals surface area contributed by atoms with Crippen molar-refractivity contribution in [2.75, 3.05) is 19.8 Å². The summed E-state index contributed by atoms with van der Waals surface area (Å²) in [5, 5.41) is 3.12. The fourth-order valence-corrected chi connectivity index (χ4v) is 3.87. The van der Waals surface area contributed by atoms with Crippen LogP contribution >= 0.6 is 0 Å². The number of ether oxygens (including phenoxy) is 1. The number of H-pyrrole nitrogens is 1. The summed E-state index contributed by atoms with van der Waals surface area (Å²) in [4.78, 5) is 30.1. The molecular formula is C22H26N4O3. The third-order valence-corrected chi connectivity index (χ3v) is 5.50. The number of rotatable bonds is 7. The van der Waals surface area contributed by atoms with Gasteiger partial charge in [-0.05, 0) is 49.4 Å². The lowest BCUT2D eigenvalue weighted by Gasteiger charge is -2.23. The highest BCUT2D eigenvalue weighted by Crippen LogP contribution is 2.28. The van der Waals surface area contributed by atoms with Crippen molar-refractivity contribution in [3.05, 3.63) is 51.9 Å². The minimum atomic E-state index is -0.0793. The molecule has 0 atom stereocenters. The maximum atomic E-state index is 11.8. The second-order valence-corrected chi connectivity index (χ2v) is 7.62. The van der Waals surface area contributed by atoms with Gasteiger partial charge < -0.3 is 24.4 Å². The summed E-state index contributed by atoms with van der Waals surface area (Å²) < 4.78 is 7.79. The molecule has 0 aliphatic carbocycles. The summed E-state index contributed by atoms with van der Waals surface area (Å²) in [6, 6.07) is 8.10. The number of hydrogen-bond donors (Lipinski definition) is 2. The first-order chi connectivity index (χ1) is 14.2. The van der Waals surface area contributed by atoms with E-state index in [1.54, 1.807) is 6.20 Å². The SMILES string of the molecule is Cc1cc(-c2nc3ccc(CNCC=O)cc3n2CC2CCOCC2)c[nH]c1=O. The Morgan fingerprint density at radius 2 is 2.14 bits per heavy atom. The highest BCUT2D eigenvalue weighted by atomic mass is 16.5. The van der Waals surface area contributed by atoms with Crippen molar-refractivity contribution in [2.45, 2.75) is 32.9 Å². The second kappa shape index (κ2) is 8.71. The molecule has 1 aliphatic heterocycles. The number of aromatic amines is 1. The Balaban J connectivity index is 1.77. The molecule has 7 nitrogen and oxygen atoms in total. The van der Waals surface area contributed by atoms with Crippen LogP contribution in [0.15, 0.2) is 35.3 Å². The summed E-state index contributed by atoms with van der Waals surface area (Å²) in [6.07, 6.45) is 4.67. The number of pyridine rings is 1. The molecule has 7 heteroatoms. The lowest BCUT2D eigenvalue weighted by molar-refractivity contribution is -0.107. The third-order valence-electron chi connectivity index (χ3n) is 5.50. The van der Waals surface area contributed by atoms with Gasteiger partial charge in [0.15, 0.2) is 0 Å². The van der Waals surface area contributed by atoms with Gasteiger partial charge in [-0.2, -0.15) is 0 Å². The quantitative estimate of drug-likeness (QED) is 0.475. The topological polar surface area (TPSA) is 89.0 Å². The number of fused-ring (bicyclic) bond motifs is 1. The van der Waals surface area contributed by atoms with Crippen LogP contribution in [-0.2, 0) is 22.6 Å². The molecule has 0 radical (unpaired) electrons. The maximum absolute atomic E-state index is 11.8. The van der Waals surface area contributed by atoms with Gasteiger partial charge in [0.1, 0.15) is 12.1 Å². The molecule has 1 aromatic carbocycles. The van der Waals surface area contributed by atoms with Crippen molar-refractivity contribution < 1.29 is 9.53 Å². The molecule has 1 fully saturated rings. The molecule has 3 heterocycles. The Morgan fingerprint density at radius 1 is 1.31 bits per heavy atom. The number of carbonyl (C=O) groups excluding carboxylic acids is 1. The van der Waals surface area contributed by atoms with E-state index in [1.807, 2.05) is 25.1 Å². The van der Waals surface area contributed by atoms with Crippen molar-refractivity contribution in [3.63, 3.8) is 0 Å². The van der Waals surface area contributed by atoms with Gasteiger partial charge in [0.05, 0.1) is 17.6 Å². The normalized spacial score (nSPS) is 15.1. The molecule has 152 valence electrons. The first-order valence-electron chi connectivity index (χ1n) is 10.1. The van der Waals surface area contributed by atoms with Crippen molar-refractivity contribution in [3.8, 4) is 11.4 Å². The Bertz CT molecular complexity index is 1060. The van der Waals surface area contributed by atoms with E-state index in [-0.39, 0.29) is 5.56 Å². The number of carbonyl (C=O) groups is 1. The van der Waals surface area contributed by atoms with E-state index in [0.29, 0.717) is 24.6 Å². The summed E-state index contributed by atoms with van der Waals surface area (Å²) in [5.74, 6) is 1.39. The number of aldehydes is 1. The number of nitrogens with zero attached hydrogens (tertiary/aromatic N) is 2. The van der Waals surface area contributed by atoms with Crippen LogP contribution < -0.4 is 10.9 Å². The van der Waals surface area contributed by atoms with Gasteiger partial charge in [0.25, 0.3) is 5.56 Å². The Morgan fingerprint density at radius 3 is 2.90 bits per heavy atom.